The molecule has 8 heteroatoms. The Morgan fingerprint density at radius 2 is 1.52 bits per heavy atom. The van der Waals surface area contributed by atoms with Crippen molar-refractivity contribution >= 4 is 87.4 Å². The molecule has 0 N–H and O–H groups in total. The van der Waals surface area contributed by atoms with Gasteiger partial charge in [0.15, 0.2) is 0 Å². The van der Waals surface area contributed by atoms with Crippen LogP contribution < -0.4 is 5.19 Å². The van der Waals surface area contributed by atoms with Crippen molar-refractivity contribution in [3.63, 3.8) is 0 Å². The second-order valence-corrected chi connectivity index (χ2v) is 22.5. The van der Waals surface area contributed by atoms with Gasteiger partial charge in [0.25, 0.3) is 0 Å². The monoisotopic (exact) mass is 957 g/mol. The third-order valence-electron chi connectivity index (χ3n) is 10.4. The Hall–Kier alpha value is -4.82. The second-order valence-electron chi connectivity index (χ2n) is 15.4. The maximum atomic E-state index is 5.20. The Bertz CT molecular complexity index is 3010. The van der Waals surface area contributed by atoms with Gasteiger partial charge in [-0.25, -0.2) is 4.98 Å². The first kappa shape index (κ1) is 38.1. The zero-order valence-corrected chi connectivity index (χ0v) is 37.2. The maximum absolute atomic E-state index is 5.20. The topological polar surface area (TPSA) is 43.6 Å². The molecule has 0 saturated carbocycles. The van der Waals surface area contributed by atoms with Gasteiger partial charge in [-0.05, 0) is 75.3 Å². The summed E-state index contributed by atoms with van der Waals surface area (Å²) < 4.78 is 6.19. The Balaban J connectivity index is 0.000000219. The molecule has 0 aliphatic carbocycles. The Kier molecular flexibility index (Phi) is 10.4. The van der Waals surface area contributed by atoms with Crippen molar-refractivity contribution in [1.29, 1.82) is 0 Å². The third kappa shape index (κ3) is 6.84. The minimum absolute atomic E-state index is 0. The summed E-state index contributed by atoms with van der Waals surface area (Å²) in [5.41, 5.74) is 8.98. The van der Waals surface area contributed by atoms with E-state index in [0.29, 0.717) is 5.92 Å². The molecule has 0 aliphatic heterocycles. The molecule has 0 unspecified atom stereocenters. The SMILES string of the molecule is C[Si](C)(C)c1ccc(-c2[c-]cccc2)nc1.Cc1c(-n2c(-c3[c-]ccc4c3sc3ncccc34)nc3ccccc32)ccc2c1sc1cc(C(C)C)ccc12.[Ir]. The molecule has 1 radical (unpaired) electrons. The second kappa shape index (κ2) is 15.3. The van der Waals surface area contributed by atoms with E-state index in [2.05, 4.69) is 146 Å². The van der Waals surface area contributed by atoms with Crippen LogP contribution in [0.15, 0.2) is 128 Å². The average molecular weight is 957 g/mol. The molecule has 0 fully saturated rings. The zero-order valence-electron chi connectivity index (χ0n) is 32.1. The zero-order chi connectivity index (χ0) is 37.8. The number of pyridine rings is 2. The summed E-state index contributed by atoms with van der Waals surface area (Å²) in [5.74, 6) is 1.43. The van der Waals surface area contributed by atoms with E-state index in [-0.39, 0.29) is 20.1 Å². The van der Waals surface area contributed by atoms with Gasteiger partial charge in [0.2, 0.25) is 0 Å². The van der Waals surface area contributed by atoms with Crippen LogP contribution in [0.2, 0.25) is 19.6 Å². The molecule has 0 atom stereocenters. The molecule has 0 aliphatic rings. The normalized spacial score (nSPS) is 11.8. The molecule has 10 aromatic rings. The third-order valence-corrected chi connectivity index (χ3v) is 14.9. The van der Waals surface area contributed by atoms with Crippen molar-refractivity contribution in [3.8, 4) is 28.3 Å². The summed E-state index contributed by atoms with van der Waals surface area (Å²) in [7, 11) is -1.23. The first-order valence-electron chi connectivity index (χ1n) is 18.7. The van der Waals surface area contributed by atoms with Gasteiger partial charge in [-0.1, -0.05) is 93.0 Å². The van der Waals surface area contributed by atoms with Gasteiger partial charge in [0.05, 0.1) is 24.9 Å². The van der Waals surface area contributed by atoms with Crippen LogP contribution in [-0.2, 0) is 20.1 Å². The number of benzene rings is 5. The maximum Gasteiger partial charge on any atom is 0.113 e. The van der Waals surface area contributed by atoms with Gasteiger partial charge >= 0.3 is 0 Å². The van der Waals surface area contributed by atoms with Crippen LogP contribution >= 0.6 is 22.7 Å². The number of nitrogens with zero attached hydrogens (tertiary/aromatic N) is 4. The number of aryl methyl sites for hydroxylation is 1. The first-order chi connectivity index (χ1) is 26.7. The fourth-order valence-electron chi connectivity index (χ4n) is 7.31. The van der Waals surface area contributed by atoms with Crippen LogP contribution in [0.4, 0.5) is 0 Å². The van der Waals surface area contributed by atoms with Crippen molar-refractivity contribution < 1.29 is 20.1 Å². The number of hydrogen-bond donors (Lipinski definition) is 0. The predicted octanol–water partition coefficient (Wildman–Crippen LogP) is 13.1. The van der Waals surface area contributed by atoms with Crippen LogP contribution in [0.25, 0.3) is 79.8 Å². The van der Waals surface area contributed by atoms with E-state index in [1.54, 1.807) is 11.3 Å². The Morgan fingerprint density at radius 1 is 0.714 bits per heavy atom. The summed E-state index contributed by atoms with van der Waals surface area (Å²) >= 11 is 3.61. The van der Waals surface area contributed by atoms with Crippen LogP contribution in [0.1, 0.15) is 30.9 Å². The number of imidazole rings is 1. The first-order valence-corrected chi connectivity index (χ1v) is 23.8. The largest absolute Gasteiger partial charge is 0.333 e. The van der Waals surface area contributed by atoms with Gasteiger partial charge in [-0.2, -0.15) is 11.3 Å². The fourth-order valence-corrected chi connectivity index (χ4v) is 10.7. The van der Waals surface area contributed by atoms with Crippen molar-refractivity contribution in [2.24, 2.45) is 0 Å². The van der Waals surface area contributed by atoms with Crippen molar-refractivity contribution in [1.82, 2.24) is 19.5 Å². The molecule has 0 spiro atoms. The van der Waals surface area contributed by atoms with E-state index < -0.39 is 8.07 Å². The predicted molar refractivity (Wildman–Crippen MR) is 239 cm³/mol. The molecule has 5 aromatic carbocycles. The summed E-state index contributed by atoms with van der Waals surface area (Å²) in [6, 6.07) is 47.2. The van der Waals surface area contributed by atoms with E-state index in [4.69, 9.17) is 4.98 Å². The number of rotatable bonds is 5. The fraction of sp³-hybridized carbons (Fsp3) is 0.146. The van der Waals surface area contributed by atoms with Crippen molar-refractivity contribution in [3.05, 3.63) is 151 Å². The van der Waals surface area contributed by atoms with E-state index in [1.807, 2.05) is 60.1 Å². The summed E-state index contributed by atoms with van der Waals surface area (Å²) in [6.45, 7) is 13.8. The van der Waals surface area contributed by atoms with Gasteiger partial charge < -0.3 is 9.55 Å². The van der Waals surface area contributed by atoms with Gasteiger partial charge in [-0.3, -0.25) is 4.98 Å². The van der Waals surface area contributed by atoms with Crippen molar-refractivity contribution in [2.75, 3.05) is 0 Å². The van der Waals surface area contributed by atoms with Crippen LogP contribution in [0.3, 0.4) is 0 Å². The summed E-state index contributed by atoms with van der Waals surface area (Å²) in [5, 5.41) is 6.43. The molecule has 4 nitrogen and oxygen atoms in total. The molecule has 0 bridgehead atoms. The molecule has 10 rings (SSSR count). The minimum Gasteiger partial charge on any atom is -0.333 e. The van der Waals surface area contributed by atoms with Gasteiger partial charge in [-0.15, -0.1) is 65.4 Å². The quantitative estimate of drug-likeness (QED) is 0.128. The van der Waals surface area contributed by atoms with E-state index in [9.17, 15) is 0 Å². The van der Waals surface area contributed by atoms with Gasteiger partial charge in [0.1, 0.15) is 4.83 Å². The van der Waals surface area contributed by atoms with E-state index in [1.165, 1.54) is 52.0 Å². The molecule has 0 saturated heterocycles. The smallest absolute Gasteiger partial charge is 0.113 e. The molecule has 56 heavy (non-hydrogen) atoms. The van der Waals surface area contributed by atoms with E-state index in [0.717, 1.165) is 44.2 Å². The molecular weight excluding hydrogens is 917 g/mol. The van der Waals surface area contributed by atoms with Gasteiger partial charge in [0, 0.05) is 58.4 Å². The Morgan fingerprint density at radius 3 is 2.29 bits per heavy atom. The molecular formula is C48H40IrN4S2Si-2. The molecule has 279 valence electrons. The van der Waals surface area contributed by atoms with Crippen molar-refractivity contribution in [2.45, 2.75) is 46.3 Å². The standard InChI is InChI=1S/C34H24N3S2.C14H16NSi.Ir/c1-19(2)21-13-14-22-24-15-16-28(20(3)31(24)38-30(22)18-21)37-29-12-5-4-11-27(29)36-33(37)26-9-6-8-23-25-10-7-17-35-34(25)39-32(23)26;1-16(2,3)13-9-10-14(15-11-13)12-7-5-4-6-8-12;/h4-8,10-19H,1-3H3;4-7,9-11H,1-3H3;/q2*-1;. The van der Waals surface area contributed by atoms with Crippen LogP contribution in [0.5, 0.6) is 0 Å². The average Bonchev–Trinajstić information content (AvgIpc) is 3.90. The molecule has 5 aromatic heterocycles. The molecule has 0 amide bonds. The number of hydrogen-bond acceptors (Lipinski definition) is 5. The summed E-state index contributed by atoms with van der Waals surface area (Å²) in [4.78, 5) is 15.4. The Labute approximate surface area is 350 Å². The number of thiophene rings is 2. The molecule has 5 heterocycles. The number of fused-ring (bicyclic) bond motifs is 7. The number of aromatic nitrogens is 4. The number of para-hydroxylation sites is 2. The van der Waals surface area contributed by atoms with E-state index >= 15 is 0 Å². The van der Waals surface area contributed by atoms with Crippen LogP contribution in [0, 0.1) is 19.1 Å². The summed E-state index contributed by atoms with van der Waals surface area (Å²) in [6.07, 6.45) is 3.88. The minimum atomic E-state index is -1.23. The van der Waals surface area contributed by atoms with Crippen LogP contribution in [-0.4, -0.2) is 27.6 Å².